The topological polar surface area (TPSA) is 52.6 Å². The predicted octanol–water partition coefficient (Wildman–Crippen LogP) is 11.8. The number of carbonyl (C=O) groups is 2. The standard InChI is InChI=1S/C40H56O4/c1-3-5-7-9-11-13-15-17-19-21-27-43-37-29-35(41)31-23-24-32-36(42)30-38(34-26-25-33(37)39(31)40(32)34)44-28-22-20-18-16-14-12-10-8-6-4-2/h23-26,29-30H,3-22,27-28H2,1-2H3. The van der Waals surface area contributed by atoms with Gasteiger partial charge in [-0.1, -0.05) is 129 Å². The number of hydrogen-bond donors (Lipinski definition) is 0. The molecule has 0 N–H and O–H groups in total. The van der Waals surface area contributed by atoms with Crippen molar-refractivity contribution in [1.82, 2.24) is 0 Å². The summed E-state index contributed by atoms with van der Waals surface area (Å²) in [6, 6.07) is 7.67. The zero-order valence-corrected chi connectivity index (χ0v) is 27.7. The van der Waals surface area contributed by atoms with E-state index in [9.17, 15) is 9.59 Å². The third-order valence-electron chi connectivity index (χ3n) is 9.26. The van der Waals surface area contributed by atoms with Gasteiger partial charge in [-0.25, -0.2) is 0 Å². The smallest absolute Gasteiger partial charge is 0.190 e. The average Bonchev–Trinajstić information content (AvgIpc) is 3.03. The van der Waals surface area contributed by atoms with Gasteiger partial charge in [0.15, 0.2) is 11.6 Å². The number of ketones is 2. The number of hydrogen-bond acceptors (Lipinski definition) is 4. The van der Waals surface area contributed by atoms with Crippen LogP contribution in [0.5, 0.6) is 0 Å². The summed E-state index contributed by atoms with van der Waals surface area (Å²) in [5, 5.41) is 1.65. The highest BCUT2D eigenvalue weighted by molar-refractivity contribution is 6.28. The maximum atomic E-state index is 13.2. The quantitative estimate of drug-likeness (QED) is 0.112. The molecule has 0 aromatic heterocycles. The number of carbonyl (C=O) groups excluding carboxylic acids is 2. The van der Waals surface area contributed by atoms with Gasteiger partial charge in [-0.2, -0.15) is 0 Å². The largest absolute Gasteiger partial charge is 0.493 e. The summed E-state index contributed by atoms with van der Waals surface area (Å²) in [7, 11) is 0. The molecule has 0 spiro atoms. The van der Waals surface area contributed by atoms with Crippen molar-refractivity contribution in [3.8, 4) is 0 Å². The Morgan fingerprint density at radius 1 is 0.409 bits per heavy atom. The van der Waals surface area contributed by atoms with Crippen LogP contribution in [-0.4, -0.2) is 24.8 Å². The van der Waals surface area contributed by atoms with Crippen LogP contribution in [0.1, 0.15) is 174 Å². The van der Waals surface area contributed by atoms with Crippen molar-refractivity contribution in [2.24, 2.45) is 0 Å². The van der Waals surface area contributed by atoms with Crippen LogP contribution in [0.4, 0.5) is 0 Å². The molecule has 0 saturated carbocycles. The fourth-order valence-corrected chi connectivity index (χ4v) is 6.65. The molecule has 240 valence electrons. The van der Waals surface area contributed by atoms with E-state index in [0.717, 1.165) is 47.6 Å². The lowest BCUT2D eigenvalue weighted by atomic mass is 9.83. The number of ether oxygens (including phenoxy) is 2. The van der Waals surface area contributed by atoms with Gasteiger partial charge in [-0.15, -0.1) is 0 Å². The molecule has 0 fully saturated rings. The van der Waals surface area contributed by atoms with E-state index in [2.05, 4.69) is 13.8 Å². The molecule has 0 amide bonds. The van der Waals surface area contributed by atoms with Gasteiger partial charge in [0, 0.05) is 45.2 Å². The molecule has 2 aliphatic rings. The third kappa shape index (κ3) is 9.56. The fraction of sp³-hybridized carbons (Fsp3) is 0.600. The van der Waals surface area contributed by atoms with Crippen molar-refractivity contribution in [3.63, 3.8) is 0 Å². The number of unbranched alkanes of at least 4 members (excludes halogenated alkanes) is 18. The number of benzene rings is 2. The number of allylic oxidation sites excluding steroid dienone is 2. The monoisotopic (exact) mass is 600 g/mol. The van der Waals surface area contributed by atoms with Crippen LogP contribution in [0.3, 0.4) is 0 Å². The van der Waals surface area contributed by atoms with Crippen LogP contribution in [0, 0.1) is 0 Å². The molecule has 44 heavy (non-hydrogen) atoms. The van der Waals surface area contributed by atoms with Gasteiger partial charge in [0.2, 0.25) is 0 Å². The molecule has 4 rings (SSSR count). The Morgan fingerprint density at radius 3 is 1.05 bits per heavy atom. The van der Waals surface area contributed by atoms with Crippen LogP contribution >= 0.6 is 0 Å². The summed E-state index contributed by atoms with van der Waals surface area (Å²) in [5.41, 5.74) is 3.07. The average molecular weight is 601 g/mol. The second-order valence-corrected chi connectivity index (χ2v) is 12.9. The Bertz CT molecular complexity index is 1190. The maximum absolute atomic E-state index is 13.2. The van der Waals surface area contributed by atoms with Gasteiger partial charge < -0.3 is 9.47 Å². The van der Waals surface area contributed by atoms with Crippen LogP contribution in [-0.2, 0) is 9.47 Å². The van der Waals surface area contributed by atoms with Gasteiger partial charge in [0.1, 0.15) is 11.5 Å². The first-order valence-corrected chi connectivity index (χ1v) is 18.0. The van der Waals surface area contributed by atoms with E-state index in [4.69, 9.17) is 9.47 Å². The van der Waals surface area contributed by atoms with E-state index in [1.54, 1.807) is 24.3 Å². The highest BCUT2D eigenvalue weighted by Gasteiger charge is 2.29. The first-order chi connectivity index (χ1) is 21.7. The minimum absolute atomic E-state index is 0.0610. The van der Waals surface area contributed by atoms with Gasteiger partial charge in [-0.05, 0) is 37.1 Å². The normalized spacial score (nSPS) is 13.8. The molecular weight excluding hydrogens is 544 g/mol. The Balaban J connectivity index is 1.28. The molecule has 0 heterocycles. The molecule has 0 bridgehead atoms. The SMILES string of the molecule is CCCCCCCCCCCCOC1=CC(=O)c2ccc3c4c(ccc1c24)C(OCCCCCCCCCCCC)=CC3=O. The van der Waals surface area contributed by atoms with Crippen LogP contribution < -0.4 is 0 Å². The van der Waals surface area contributed by atoms with Crippen molar-refractivity contribution < 1.29 is 19.1 Å². The lowest BCUT2D eigenvalue weighted by molar-refractivity contribution is 0.103. The van der Waals surface area contributed by atoms with Gasteiger partial charge in [-0.3, -0.25) is 9.59 Å². The Hall–Kier alpha value is -2.88. The minimum atomic E-state index is -0.0610. The zero-order valence-electron chi connectivity index (χ0n) is 27.7. The molecule has 2 aliphatic carbocycles. The van der Waals surface area contributed by atoms with E-state index in [1.165, 1.54) is 103 Å². The summed E-state index contributed by atoms with van der Waals surface area (Å²) >= 11 is 0. The van der Waals surface area contributed by atoms with Crippen molar-refractivity contribution in [3.05, 3.63) is 58.7 Å². The minimum Gasteiger partial charge on any atom is -0.493 e. The maximum Gasteiger partial charge on any atom is 0.190 e. The van der Waals surface area contributed by atoms with Gasteiger partial charge in [0.25, 0.3) is 0 Å². The van der Waals surface area contributed by atoms with Crippen molar-refractivity contribution >= 4 is 33.9 Å². The molecule has 2 aromatic rings. The highest BCUT2D eigenvalue weighted by Crippen LogP contribution is 2.41. The van der Waals surface area contributed by atoms with Crippen LogP contribution in [0.2, 0.25) is 0 Å². The molecule has 4 heteroatoms. The highest BCUT2D eigenvalue weighted by atomic mass is 16.5. The first kappa shape index (κ1) is 34.0. The van der Waals surface area contributed by atoms with Crippen LogP contribution in [0.25, 0.3) is 22.3 Å². The van der Waals surface area contributed by atoms with E-state index < -0.39 is 0 Å². The molecule has 0 radical (unpaired) electrons. The van der Waals surface area contributed by atoms with E-state index in [0.29, 0.717) is 35.9 Å². The summed E-state index contributed by atoms with van der Waals surface area (Å²) < 4.78 is 12.4. The van der Waals surface area contributed by atoms with Crippen molar-refractivity contribution in [2.45, 2.75) is 142 Å². The lowest BCUT2D eigenvalue weighted by Crippen LogP contribution is -2.14. The Morgan fingerprint density at radius 2 is 0.705 bits per heavy atom. The molecule has 0 saturated heterocycles. The fourth-order valence-electron chi connectivity index (χ4n) is 6.65. The molecule has 2 aromatic carbocycles. The second-order valence-electron chi connectivity index (χ2n) is 12.9. The molecular formula is C40H56O4. The third-order valence-corrected chi connectivity index (χ3v) is 9.26. The van der Waals surface area contributed by atoms with Gasteiger partial charge >= 0.3 is 0 Å². The molecule has 0 unspecified atom stereocenters. The molecule has 0 aliphatic heterocycles. The van der Waals surface area contributed by atoms with E-state index in [-0.39, 0.29) is 11.6 Å². The number of rotatable bonds is 24. The summed E-state index contributed by atoms with van der Waals surface area (Å²) in [6.07, 6.45) is 28.7. The summed E-state index contributed by atoms with van der Waals surface area (Å²) in [6.45, 7) is 5.72. The molecule has 0 atom stereocenters. The van der Waals surface area contributed by atoms with E-state index in [1.807, 2.05) is 12.1 Å². The predicted molar refractivity (Wildman–Crippen MR) is 184 cm³/mol. The van der Waals surface area contributed by atoms with Crippen molar-refractivity contribution in [2.75, 3.05) is 13.2 Å². The van der Waals surface area contributed by atoms with Gasteiger partial charge in [0.05, 0.1) is 13.2 Å². The summed E-state index contributed by atoms with van der Waals surface area (Å²) in [4.78, 5) is 26.3. The molecule has 4 nitrogen and oxygen atoms in total. The van der Waals surface area contributed by atoms with Crippen LogP contribution in [0.15, 0.2) is 36.4 Å². The first-order valence-electron chi connectivity index (χ1n) is 18.0. The zero-order chi connectivity index (χ0) is 31.0. The van der Waals surface area contributed by atoms with Crippen molar-refractivity contribution in [1.29, 1.82) is 0 Å². The second kappa shape index (κ2) is 18.8. The Labute approximate surface area is 266 Å². The van der Waals surface area contributed by atoms with E-state index >= 15 is 0 Å². The Kier molecular flexibility index (Phi) is 14.5. The lowest BCUT2D eigenvalue weighted by Gasteiger charge is -2.24. The summed E-state index contributed by atoms with van der Waals surface area (Å²) in [5.74, 6) is 1.12.